The van der Waals surface area contributed by atoms with Gasteiger partial charge in [-0.25, -0.2) is 4.79 Å². The van der Waals surface area contributed by atoms with Crippen LogP contribution < -0.4 is 5.32 Å². The minimum absolute atomic E-state index is 0.116. The molecule has 6 nitrogen and oxygen atoms in total. The van der Waals surface area contributed by atoms with Crippen molar-refractivity contribution >= 4 is 11.9 Å². The van der Waals surface area contributed by atoms with Crippen LogP contribution in [0.1, 0.15) is 69.4 Å². The third-order valence-corrected chi connectivity index (χ3v) is 7.03. The zero-order valence-electron chi connectivity index (χ0n) is 17.7. The maximum Gasteiger partial charge on any atom is 0.354 e. The number of likely N-dealkylation sites (tertiary alicyclic amines) is 1. The van der Waals surface area contributed by atoms with E-state index in [9.17, 15) is 9.59 Å². The molecule has 6 heteroatoms. The highest BCUT2D eigenvalue weighted by atomic mass is 16.5. The van der Waals surface area contributed by atoms with Crippen LogP contribution in [0.3, 0.4) is 0 Å². The molecule has 1 N–H and O–H groups in total. The number of aromatic nitrogens is 1. The van der Waals surface area contributed by atoms with E-state index in [1.165, 1.54) is 20.0 Å². The Bertz CT molecular complexity index is 678. The van der Waals surface area contributed by atoms with E-state index >= 15 is 0 Å². The summed E-state index contributed by atoms with van der Waals surface area (Å²) in [5.41, 5.74) is 0.604. The van der Waals surface area contributed by atoms with Crippen molar-refractivity contribution in [1.29, 1.82) is 0 Å². The minimum Gasteiger partial charge on any atom is -0.464 e. The Morgan fingerprint density at radius 1 is 1.18 bits per heavy atom. The minimum atomic E-state index is -0.295. The summed E-state index contributed by atoms with van der Waals surface area (Å²) in [6.07, 6.45) is 7.36. The van der Waals surface area contributed by atoms with Gasteiger partial charge in [-0.1, -0.05) is 26.7 Å². The van der Waals surface area contributed by atoms with Gasteiger partial charge in [0.05, 0.1) is 13.2 Å². The maximum atomic E-state index is 12.8. The van der Waals surface area contributed by atoms with Crippen molar-refractivity contribution in [3.05, 3.63) is 24.0 Å². The SMILES string of the molecule is COC(=O)c1cccn1C1CCN(C(C)C(=O)NC2CCCC(C)C2C)CC1. The average Bonchev–Trinajstić information content (AvgIpc) is 3.20. The third-order valence-electron chi connectivity index (χ3n) is 7.03. The number of hydrogen-bond donors (Lipinski definition) is 1. The molecule has 0 aromatic carbocycles. The first kappa shape index (κ1) is 20.9. The van der Waals surface area contributed by atoms with E-state index < -0.39 is 0 Å². The molecule has 0 radical (unpaired) electrons. The molecule has 1 saturated carbocycles. The summed E-state index contributed by atoms with van der Waals surface area (Å²) in [5, 5.41) is 3.32. The molecule has 1 aromatic heterocycles. The predicted octanol–water partition coefficient (Wildman–Crippen LogP) is 3.24. The van der Waals surface area contributed by atoms with Crippen LogP contribution >= 0.6 is 0 Å². The average molecular weight is 390 g/mol. The molecule has 28 heavy (non-hydrogen) atoms. The van der Waals surface area contributed by atoms with E-state index in [2.05, 4.69) is 24.1 Å². The van der Waals surface area contributed by atoms with Gasteiger partial charge in [0.2, 0.25) is 5.91 Å². The molecule has 0 bridgehead atoms. The van der Waals surface area contributed by atoms with Crippen molar-refractivity contribution in [3.63, 3.8) is 0 Å². The van der Waals surface area contributed by atoms with E-state index in [-0.39, 0.29) is 24.0 Å². The number of nitrogens with zero attached hydrogens (tertiary/aromatic N) is 2. The summed E-state index contributed by atoms with van der Waals surface area (Å²) in [7, 11) is 1.41. The van der Waals surface area contributed by atoms with Crippen molar-refractivity contribution in [2.24, 2.45) is 11.8 Å². The van der Waals surface area contributed by atoms with Crippen LogP contribution in [0.15, 0.2) is 18.3 Å². The molecule has 1 saturated heterocycles. The number of carbonyl (C=O) groups excluding carboxylic acids is 2. The number of piperidine rings is 1. The van der Waals surface area contributed by atoms with E-state index in [1.807, 2.05) is 23.8 Å². The van der Waals surface area contributed by atoms with Crippen LogP contribution in [-0.2, 0) is 9.53 Å². The molecule has 1 amide bonds. The molecule has 1 aliphatic carbocycles. The van der Waals surface area contributed by atoms with Gasteiger partial charge in [-0.15, -0.1) is 0 Å². The van der Waals surface area contributed by atoms with Gasteiger partial charge in [-0.05, 0) is 50.2 Å². The largest absolute Gasteiger partial charge is 0.464 e. The Balaban J connectivity index is 1.54. The zero-order valence-corrected chi connectivity index (χ0v) is 17.7. The lowest BCUT2D eigenvalue weighted by molar-refractivity contribution is -0.127. The number of amides is 1. The number of methoxy groups -OCH3 is 1. The number of ether oxygens (including phenoxy) is 1. The first-order valence-corrected chi connectivity index (χ1v) is 10.7. The molecule has 1 aromatic rings. The van der Waals surface area contributed by atoms with Crippen LogP contribution in [0, 0.1) is 11.8 Å². The smallest absolute Gasteiger partial charge is 0.354 e. The molecule has 2 heterocycles. The van der Waals surface area contributed by atoms with Crippen LogP contribution in [0.25, 0.3) is 0 Å². The van der Waals surface area contributed by atoms with Gasteiger partial charge in [-0.2, -0.15) is 0 Å². The molecule has 2 fully saturated rings. The van der Waals surface area contributed by atoms with Crippen molar-refractivity contribution in [2.75, 3.05) is 20.2 Å². The molecular weight excluding hydrogens is 354 g/mol. The van der Waals surface area contributed by atoms with Gasteiger partial charge >= 0.3 is 5.97 Å². The van der Waals surface area contributed by atoms with E-state index in [0.717, 1.165) is 32.4 Å². The van der Waals surface area contributed by atoms with Gasteiger partial charge < -0.3 is 14.6 Å². The second kappa shape index (κ2) is 9.12. The highest BCUT2D eigenvalue weighted by molar-refractivity contribution is 5.87. The topological polar surface area (TPSA) is 63.6 Å². The molecule has 2 aliphatic rings. The molecule has 4 atom stereocenters. The number of nitrogens with one attached hydrogen (secondary N) is 1. The zero-order chi connectivity index (χ0) is 20.3. The second-order valence-corrected chi connectivity index (χ2v) is 8.62. The van der Waals surface area contributed by atoms with Crippen LogP contribution in [-0.4, -0.2) is 53.6 Å². The molecular formula is C22H35N3O3. The van der Waals surface area contributed by atoms with Crippen molar-refractivity contribution in [1.82, 2.24) is 14.8 Å². The lowest BCUT2D eigenvalue weighted by Crippen LogP contribution is -2.53. The number of carbonyl (C=O) groups is 2. The molecule has 156 valence electrons. The van der Waals surface area contributed by atoms with Crippen LogP contribution in [0.4, 0.5) is 0 Å². The Hall–Kier alpha value is -1.82. The third kappa shape index (κ3) is 4.43. The normalized spacial score (nSPS) is 27.9. The lowest BCUT2D eigenvalue weighted by atomic mass is 9.78. The summed E-state index contributed by atoms with van der Waals surface area (Å²) in [5.74, 6) is 1.08. The summed E-state index contributed by atoms with van der Waals surface area (Å²) in [6.45, 7) is 8.29. The number of rotatable bonds is 5. The van der Waals surface area contributed by atoms with E-state index in [4.69, 9.17) is 4.74 Å². The van der Waals surface area contributed by atoms with Crippen LogP contribution in [0.5, 0.6) is 0 Å². The quantitative estimate of drug-likeness (QED) is 0.786. The standard InChI is InChI=1S/C22H35N3O3/c1-15-7-5-8-19(16(15)2)23-21(26)17(3)24-13-10-18(11-14-24)25-12-6-9-20(25)22(27)28-4/h6,9,12,15-19H,5,7-8,10-11,13-14H2,1-4H3,(H,23,26). The van der Waals surface area contributed by atoms with E-state index in [0.29, 0.717) is 23.6 Å². The van der Waals surface area contributed by atoms with Gasteiger partial charge in [0.1, 0.15) is 5.69 Å². The number of esters is 1. The van der Waals surface area contributed by atoms with Gasteiger partial charge in [0, 0.05) is 31.4 Å². The summed E-state index contributed by atoms with van der Waals surface area (Å²) >= 11 is 0. The fourth-order valence-corrected chi connectivity index (χ4v) is 4.80. The highest BCUT2D eigenvalue weighted by Gasteiger charge is 2.32. The summed E-state index contributed by atoms with van der Waals surface area (Å²) in [6, 6.07) is 4.16. The molecule has 4 unspecified atom stereocenters. The first-order valence-electron chi connectivity index (χ1n) is 10.7. The van der Waals surface area contributed by atoms with Crippen molar-refractivity contribution < 1.29 is 14.3 Å². The van der Waals surface area contributed by atoms with Gasteiger partial charge in [-0.3, -0.25) is 9.69 Å². The summed E-state index contributed by atoms with van der Waals surface area (Å²) < 4.78 is 6.91. The summed E-state index contributed by atoms with van der Waals surface area (Å²) in [4.78, 5) is 27.0. The Labute approximate surface area is 168 Å². The monoisotopic (exact) mass is 389 g/mol. The van der Waals surface area contributed by atoms with Gasteiger partial charge in [0.15, 0.2) is 0 Å². The predicted molar refractivity (Wildman–Crippen MR) is 109 cm³/mol. The first-order chi connectivity index (χ1) is 13.4. The molecule has 3 rings (SSSR count). The van der Waals surface area contributed by atoms with Crippen LogP contribution in [0.2, 0.25) is 0 Å². The van der Waals surface area contributed by atoms with Crippen molar-refractivity contribution in [3.8, 4) is 0 Å². The molecule has 0 spiro atoms. The van der Waals surface area contributed by atoms with E-state index in [1.54, 1.807) is 6.07 Å². The van der Waals surface area contributed by atoms with Crippen molar-refractivity contribution in [2.45, 2.75) is 71.0 Å². The fraction of sp³-hybridized carbons (Fsp3) is 0.727. The lowest BCUT2D eigenvalue weighted by Gasteiger charge is -2.39. The maximum absolute atomic E-state index is 12.8. The Morgan fingerprint density at radius 2 is 1.89 bits per heavy atom. The van der Waals surface area contributed by atoms with Gasteiger partial charge in [0.25, 0.3) is 0 Å². The Kier molecular flexibility index (Phi) is 6.81. The number of hydrogen-bond acceptors (Lipinski definition) is 4. The highest BCUT2D eigenvalue weighted by Crippen LogP contribution is 2.30. The fourth-order valence-electron chi connectivity index (χ4n) is 4.80. The molecule has 1 aliphatic heterocycles. The second-order valence-electron chi connectivity index (χ2n) is 8.62. The Morgan fingerprint density at radius 3 is 2.57 bits per heavy atom.